The van der Waals surface area contributed by atoms with Crippen LogP contribution in [0.15, 0.2) is 12.3 Å². The topological polar surface area (TPSA) is 37.0 Å². The van der Waals surface area contributed by atoms with Crippen LogP contribution in [0.1, 0.15) is 0 Å². The van der Waals surface area contributed by atoms with Gasteiger partial charge in [-0.15, -0.1) is 0 Å². The predicted octanol–water partition coefficient (Wildman–Crippen LogP) is 1.06. The molecular weight excluding hydrogens is 145 g/mol. The van der Waals surface area contributed by atoms with E-state index in [-0.39, 0.29) is 0 Å². The molecule has 1 aromatic heterocycles. The normalized spacial score (nSPS) is 14.6. The molecule has 0 fully saturated rings. The molecule has 0 unspecified atom stereocenters. The molecule has 0 atom stereocenters. The molecule has 0 amide bonds. The van der Waals surface area contributed by atoms with E-state index in [4.69, 9.17) is 0 Å². The molecule has 1 aromatic rings. The summed E-state index contributed by atoms with van der Waals surface area (Å²) in [7, 11) is 0. The first-order chi connectivity index (χ1) is 5.36. The number of hydrogen-bond donors (Lipinski definition) is 2. The Hall–Kier alpha value is -1.32. The Bertz CT molecular complexity index is 274. The highest BCUT2D eigenvalue weighted by Gasteiger charge is 2.07. The van der Waals surface area contributed by atoms with Crippen molar-refractivity contribution < 1.29 is 4.39 Å². The number of halogens is 1. The summed E-state index contributed by atoms with van der Waals surface area (Å²) >= 11 is 0. The van der Waals surface area contributed by atoms with Gasteiger partial charge < -0.3 is 10.6 Å². The molecule has 0 saturated carbocycles. The van der Waals surface area contributed by atoms with Gasteiger partial charge in [-0.2, -0.15) is 4.39 Å². The Morgan fingerprint density at radius 1 is 1.27 bits per heavy atom. The van der Waals surface area contributed by atoms with Crippen LogP contribution in [0.4, 0.5) is 15.8 Å². The summed E-state index contributed by atoms with van der Waals surface area (Å²) in [5, 5.41) is 6.16. The number of pyridine rings is 1. The van der Waals surface area contributed by atoms with Crippen molar-refractivity contribution in [3.63, 3.8) is 0 Å². The van der Waals surface area contributed by atoms with Gasteiger partial charge in [-0.05, 0) is 0 Å². The van der Waals surface area contributed by atoms with E-state index in [0.29, 0.717) is 0 Å². The molecule has 4 heteroatoms. The van der Waals surface area contributed by atoms with Gasteiger partial charge in [-0.1, -0.05) is 0 Å². The molecule has 0 radical (unpaired) electrons. The fourth-order valence-electron chi connectivity index (χ4n) is 1.11. The van der Waals surface area contributed by atoms with E-state index in [1.54, 1.807) is 0 Å². The summed E-state index contributed by atoms with van der Waals surface area (Å²) in [6.45, 7) is 1.69. The van der Waals surface area contributed by atoms with Crippen LogP contribution in [-0.4, -0.2) is 18.1 Å². The second-order valence-electron chi connectivity index (χ2n) is 2.41. The molecule has 2 rings (SSSR count). The number of hydrogen-bond acceptors (Lipinski definition) is 3. The average Bonchev–Trinajstić information content (AvgIpc) is 2.04. The number of rotatable bonds is 0. The zero-order valence-corrected chi connectivity index (χ0v) is 5.89. The van der Waals surface area contributed by atoms with Crippen molar-refractivity contribution in [2.45, 2.75) is 0 Å². The SMILES string of the molecule is Fc1cc2c(cn1)NCCN2. The number of nitrogens with zero attached hydrogens (tertiary/aromatic N) is 1. The van der Waals surface area contributed by atoms with Gasteiger partial charge in [-0.25, -0.2) is 4.98 Å². The van der Waals surface area contributed by atoms with Gasteiger partial charge in [0, 0.05) is 19.2 Å². The van der Waals surface area contributed by atoms with Crippen molar-refractivity contribution in [2.24, 2.45) is 0 Å². The van der Waals surface area contributed by atoms with Crippen molar-refractivity contribution >= 4 is 11.4 Å². The summed E-state index contributed by atoms with van der Waals surface area (Å²) < 4.78 is 12.5. The van der Waals surface area contributed by atoms with Crippen LogP contribution < -0.4 is 10.6 Å². The highest BCUT2D eigenvalue weighted by atomic mass is 19.1. The van der Waals surface area contributed by atoms with Crippen molar-refractivity contribution in [1.29, 1.82) is 0 Å². The van der Waals surface area contributed by atoms with Crippen LogP contribution in [0.3, 0.4) is 0 Å². The van der Waals surface area contributed by atoms with Crippen LogP contribution in [0.25, 0.3) is 0 Å². The molecule has 2 N–H and O–H groups in total. The third-order valence-electron chi connectivity index (χ3n) is 1.63. The van der Waals surface area contributed by atoms with Crippen molar-refractivity contribution in [1.82, 2.24) is 4.98 Å². The zero-order valence-electron chi connectivity index (χ0n) is 5.89. The highest BCUT2D eigenvalue weighted by Crippen LogP contribution is 2.22. The predicted molar refractivity (Wildman–Crippen MR) is 41.2 cm³/mol. The summed E-state index contributed by atoms with van der Waals surface area (Å²) in [5.74, 6) is -0.444. The van der Waals surface area contributed by atoms with Crippen molar-refractivity contribution in [3.05, 3.63) is 18.2 Å². The standard InChI is InChI=1S/C7H8FN3/c8-7-3-5-6(4-11-7)10-2-1-9-5/h3-4,9-10H,1-2H2. The van der Waals surface area contributed by atoms with Crippen LogP contribution in [0, 0.1) is 5.95 Å². The first-order valence-corrected chi connectivity index (χ1v) is 3.49. The molecule has 0 aliphatic carbocycles. The summed E-state index contributed by atoms with van der Waals surface area (Å²) in [6.07, 6.45) is 1.50. The molecule has 0 bridgehead atoms. The fourth-order valence-corrected chi connectivity index (χ4v) is 1.11. The molecule has 0 aromatic carbocycles. The molecule has 11 heavy (non-hydrogen) atoms. The van der Waals surface area contributed by atoms with Gasteiger partial charge in [-0.3, -0.25) is 0 Å². The largest absolute Gasteiger partial charge is 0.381 e. The Balaban J connectivity index is 2.43. The van der Waals surface area contributed by atoms with Gasteiger partial charge in [0.2, 0.25) is 5.95 Å². The maximum Gasteiger partial charge on any atom is 0.215 e. The van der Waals surface area contributed by atoms with Gasteiger partial charge >= 0.3 is 0 Å². The highest BCUT2D eigenvalue weighted by molar-refractivity contribution is 5.69. The van der Waals surface area contributed by atoms with Gasteiger partial charge in [0.15, 0.2) is 0 Å². The van der Waals surface area contributed by atoms with Crippen molar-refractivity contribution in [2.75, 3.05) is 23.7 Å². The van der Waals surface area contributed by atoms with Crippen LogP contribution in [0.2, 0.25) is 0 Å². The molecule has 0 saturated heterocycles. The Morgan fingerprint density at radius 3 is 2.82 bits per heavy atom. The lowest BCUT2D eigenvalue weighted by Crippen LogP contribution is -2.20. The summed E-state index contributed by atoms with van der Waals surface area (Å²) in [4.78, 5) is 3.52. The Morgan fingerprint density at radius 2 is 2.00 bits per heavy atom. The summed E-state index contributed by atoms with van der Waals surface area (Å²) in [5.41, 5.74) is 1.67. The minimum Gasteiger partial charge on any atom is -0.381 e. The fraction of sp³-hybridized carbons (Fsp3) is 0.286. The van der Waals surface area contributed by atoms with Crippen molar-refractivity contribution in [3.8, 4) is 0 Å². The lowest BCUT2D eigenvalue weighted by molar-refractivity contribution is 0.584. The van der Waals surface area contributed by atoms with E-state index < -0.39 is 5.95 Å². The second kappa shape index (κ2) is 2.38. The smallest absolute Gasteiger partial charge is 0.215 e. The van der Waals surface area contributed by atoms with E-state index in [0.717, 1.165) is 24.5 Å². The average molecular weight is 153 g/mol. The Labute approximate surface area is 63.6 Å². The number of anilines is 2. The first kappa shape index (κ1) is 6.39. The third kappa shape index (κ3) is 1.11. The quantitative estimate of drug-likeness (QED) is 0.547. The van der Waals surface area contributed by atoms with Crippen LogP contribution in [-0.2, 0) is 0 Å². The number of nitrogens with one attached hydrogen (secondary N) is 2. The minimum atomic E-state index is -0.444. The lowest BCUT2D eigenvalue weighted by atomic mass is 10.3. The van der Waals surface area contributed by atoms with E-state index in [1.165, 1.54) is 12.3 Å². The minimum absolute atomic E-state index is 0.444. The maximum atomic E-state index is 12.5. The monoisotopic (exact) mass is 153 g/mol. The molecular formula is C7H8FN3. The van der Waals surface area contributed by atoms with Crippen LogP contribution in [0.5, 0.6) is 0 Å². The maximum absolute atomic E-state index is 12.5. The van der Waals surface area contributed by atoms with E-state index in [1.807, 2.05) is 0 Å². The first-order valence-electron chi connectivity index (χ1n) is 3.49. The van der Waals surface area contributed by atoms with Gasteiger partial charge in [0.1, 0.15) is 0 Å². The Kier molecular flexibility index (Phi) is 1.38. The number of aromatic nitrogens is 1. The van der Waals surface area contributed by atoms with E-state index >= 15 is 0 Å². The van der Waals surface area contributed by atoms with E-state index in [9.17, 15) is 4.39 Å². The molecule has 1 aliphatic rings. The number of fused-ring (bicyclic) bond motifs is 1. The van der Waals surface area contributed by atoms with Gasteiger partial charge in [0.25, 0.3) is 0 Å². The molecule has 2 heterocycles. The molecule has 0 spiro atoms. The van der Waals surface area contributed by atoms with Crippen LogP contribution >= 0.6 is 0 Å². The molecule has 1 aliphatic heterocycles. The molecule has 3 nitrogen and oxygen atoms in total. The third-order valence-corrected chi connectivity index (χ3v) is 1.63. The summed E-state index contributed by atoms with van der Waals surface area (Å²) in [6, 6.07) is 1.39. The lowest BCUT2D eigenvalue weighted by Gasteiger charge is -2.18. The van der Waals surface area contributed by atoms with Gasteiger partial charge in [0.05, 0.1) is 17.6 Å². The molecule has 58 valence electrons. The van der Waals surface area contributed by atoms with E-state index in [2.05, 4.69) is 15.6 Å². The zero-order chi connectivity index (χ0) is 7.68. The second-order valence-corrected chi connectivity index (χ2v) is 2.41.